The van der Waals surface area contributed by atoms with Crippen molar-refractivity contribution < 1.29 is 18.5 Å². The molecule has 2 heterocycles. The standard InChI is InChI=1S/C21H18N2O4/c24-20(25-12-19-22-21(27-23-19)14-5-3-6-14)11-15-10-17-16-7-2-1-4-13(16)8-9-18(17)26-15/h1-2,4,7-10,14H,3,5-6,11-12H2. The molecular formula is C21H18N2O4. The van der Waals surface area contributed by atoms with Crippen LogP contribution in [0.4, 0.5) is 0 Å². The first-order chi connectivity index (χ1) is 13.3. The second-order valence-corrected chi connectivity index (χ2v) is 6.93. The predicted octanol–water partition coefficient (Wildman–Crippen LogP) is 4.52. The van der Waals surface area contributed by atoms with Crippen LogP contribution in [0.15, 0.2) is 51.4 Å². The Morgan fingerprint density at radius 3 is 2.89 bits per heavy atom. The molecule has 2 aromatic carbocycles. The number of carbonyl (C=O) groups is 1. The summed E-state index contributed by atoms with van der Waals surface area (Å²) in [5.41, 5.74) is 0.764. The molecule has 0 amide bonds. The molecule has 6 nitrogen and oxygen atoms in total. The molecule has 5 rings (SSSR count). The van der Waals surface area contributed by atoms with Gasteiger partial charge in [0.05, 0.1) is 0 Å². The topological polar surface area (TPSA) is 78.4 Å². The van der Waals surface area contributed by atoms with Gasteiger partial charge in [0.2, 0.25) is 11.7 Å². The number of rotatable bonds is 5. The van der Waals surface area contributed by atoms with E-state index >= 15 is 0 Å². The lowest BCUT2D eigenvalue weighted by atomic mass is 9.85. The van der Waals surface area contributed by atoms with Crippen molar-refractivity contribution in [2.75, 3.05) is 0 Å². The summed E-state index contributed by atoms with van der Waals surface area (Å²) in [4.78, 5) is 16.5. The van der Waals surface area contributed by atoms with Crippen molar-refractivity contribution in [3.8, 4) is 0 Å². The second kappa shape index (κ2) is 6.54. The van der Waals surface area contributed by atoms with Gasteiger partial charge in [-0.15, -0.1) is 0 Å². The Morgan fingerprint density at radius 1 is 1.15 bits per heavy atom. The van der Waals surface area contributed by atoms with E-state index in [9.17, 15) is 4.79 Å². The van der Waals surface area contributed by atoms with Crippen LogP contribution in [0.1, 0.15) is 42.7 Å². The fourth-order valence-electron chi connectivity index (χ4n) is 3.42. The molecule has 1 fully saturated rings. The third-order valence-electron chi connectivity index (χ3n) is 5.10. The highest BCUT2D eigenvalue weighted by atomic mass is 16.5. The lowest BCUT2D eigenvalue weighted by Gasteiger charge is -2.20. The molecule has 1 aliphatic carbocycles. The number of nitrogens with zero attached hydrogens (tertiary/aromatic N) is 2. The van der Waals surface area contributed by atoms with Crippen LogP contribution in [-0.2, 0) is 22.6 Å². The van der Waals surface area contributed by atoms with Crippen LogP contribution in [0.5, 0.6) is 0 Å². The lowest BCUT2D eigenvalue weighted by molar-refractivity contribution is -0.144. The Hall–Kier alpha value is -3.15. The average Bonchev–Trinajstić information content (AvgIpc) is 3.25. The van der Waals surface area contributed by atoms with Crippen LogP contribution in [0, 0.1) is 0 Å². The van der Waals surface area contributed by atoms with Crippen LogP contribution >= 0.6 is 0 Å². The van der Waals surface area contributed by atoms with Gasteiger partial charge in [0.15, 0.2) is 6.61 Å². The van der Waals surface area contributed by atoms with Gasteiger partial charge >= 0.3 is 5.97 Å². The summed E-state index contributed by atoms with van der Waals surface area (Å²) in [5.74, 6) is 1.62. The quantitative estimate of drug-likeness (QED) is 0.486. The van der Waals surface area contributed by atoms with Crippen molar-refractivity contribution in [1.82, 2.24) is 10.1 Å². The molecule has 136 valence electrons. The maximum absolute atomic E-state index is 12.2. The summed E-state index contributed by atoms with van der Waals surface area (Å²) < 4.78 is 16.3. The fraction of sp³-hybridized carbons (Fsp3) is 0.286. The fourth-order valence-corrected chi connectivity index (χ4v) is 3.42. The Morgan fingerprint density at radius 2 is 2.04 bits per heavy atom. The molecule has 27 heavy (non-hydrogen) atoms. The summed E-state index contributed by atoms with van der Waals surface area (Å²) in [5, 5.41) is 7.12. The van der Waals surface area contributed by atoms with E-state index in [0.717, 1.165) is 34.6 Å². The van der Waals surface area contributed by atoms with E-state index in [0.29, 0.717) is 23.4 Å². The first kappa shape index (κ1) is 16.1. The monoisotopic (exact) mass is 362 g/mol. The molecule has 0 bridgehead atoms. The van der Waals surface area contributed by atoms with E-state index in [1.54, 1.807) is 0 Å². The maximum Gasteiger partial charge on any atom is 0.313 e. The average molecular weight is 362 g/mol. The minimum Gasteiger partial charge on any atom is -0.460 e. The van der Waals surface area contributed by atoms with Gasteiger partial charge in [0, 0.05) is 11.3 Å². The highest BCUT2D eigenvalue weighted by Crippen LogP contribution is 2.35. The molecule has 1 saturated carbocycles. The minimum absolute atomic E-state index is 0.0121. The zero-order valence-electron chi connectivity index (χ0n) is 14.7. The predicted molar refractivity (Wildman–Crippen MR) is 98.1 cm³/mol. The highest BCUT2D eigenvalue weighted by Gasteiger charge is 2.25. The zero-order valence-corrected chi connectivity index (χ0v) is 14.7. The van der Waals surface area contributed by atoms with E-state index in [4.69, 9.17) is 13.7 Å². The van der Waals surface area contributed by atoms with E-state index in [2.05, 4.69) is 16.2 Å². The number of benzene rings is 2. The minimum atomic E-state index is -0.381. The highest BCUT2D eigenvalue weighted by molar-refractivity contribution is 6.06. The molecule has 0 unspecified atom stereocenters. The van der Waals surface area contributed by atoms with Crippen LogP contribution in [-0.4, -0.2) is 16.1 Å². The molecule has 2 aromatic heterocycles. The van der Waals surface area contributed by atoms with Crippen LogP contribution < -0.4 is 0 Å². The zero-order chi connectivity index (χ0) is 18.2. The van der Waals surface area contributed by atoms with E-state index in [1.807, 2.05) is 36.4 Å². The molecule has 4 aromatic rings. The molecule has 0 radical (unpaired) electrons. The number of furan rings is 1. The normalized spacial score (nSPS) is 14.5. The van der Waals surface area contributed by atoms with Gasteiger partial charge in [-0.1, -0.05) is 41.9 Å². The van der Waals surface area contributed by atoms with E-state index in [-0.39, 0.29) is 19.0 Å². The SMILES string of the molecule is O=C(Cc1cc2c(ccc3ccccc32)o1)OCc1noc(C2CCC2)n1. The lowest BCUT2D eigenvalue weighted by Crippen LogP contribution is -2.10. The van der Waals surface area contributed by atoms with Crippen molar-refractivity contribution in [2.24, 2.45) is 0 Å². The summed E-state index contributed by atoms with van der Waals surface area (Å²) >= 11 is 0. The molecule has 0 N–H and O–H groups in total. The van der Waals surface area contributed by atoms with Crippen LogP contribution in [0.3, 0.4) is 0 Å². The summed E-state index contributed by atoms with van der Waals surface area (Å²) in [6.45, 7) is 0.0121. The molecule has 0 spiro atoms. The Balaban J connectivity index is 1.26. The summed E-state index contributed by atoms with van der Waals surface area (Å²) in [7, 11) is 0. The van der Waals surface area contributed by atoms with E-state index in [1.165, 1.54) is 6.42 Å². The number of carbonyl (C=O) groups excluding carboxylic acids is 1. The summed E-state index contributed by atoms with van der Waals surface area (Å²) in [6.07, 6.45) is 3.44. The van der Waals surface area contributed by atoms with Crippen molar-refractivity contribution in [3.05, 3.63) is 59.9 Å². The van der Waals surface area contributed by atoms with Crippen molar-refractivity contribution in [1.29, 1.82) is 0 Å². The number of aromatic nitrogens is 2. The van der Waals surface area contributed by atoms with Gasteiger partial charge in [-0.2, -0.15) is 4.98 Å². The third-order valence-corrected chi connectivity index (χ3v) is 5.10. The molecule has 0 atom stereocenters. The van der Waals surface area contributed by atoms with Crippen LogP contribution in [0.2, 0.25) is 0 Å². The Kier molecular flexibility index (Phi) is 3.89. The number of esters is 1. The Bertz CT molecular complexity index is 1120. The number of ether oxygens (including phenoxy) is 1. The van der Waals surface area contributed by atoms with Gasteiger partial charge in [0.25, 0.3) is 0 Å². The van der Waals surface area contributed by atoms with E-state index < -0.39 is 0 Å². The number of hydrogen-bond donors (Lipinski definition) is 0. The number of hydrogen-bond acceptors (Lipinski definition) is 6. The molecule has 0 aliphatic heterocycles. The van der Waals surface area contributed by atoms with Crippen LogP contribution in [0.25, 0.3) is 21.7 Å². The largest absolute Gasteiger partial charge is 0.460 e. The van der Waals surface area contributed by atoms with Gasteiger partial charge in [0.1, 0.15) is 17.8 Å². The molecule has 1 aliphatic rings. The second-order valence-electron chi connectivity index (χ2n) is 6.93. The summed E-state index contributed by atoms with van der Waals surface area (Å²) in [6, 6.07) is 13.9. The van der Waals surface area contributed by atoms with Crippen molar-refractivity contribution in [2.45, 2.75) is 38.2 Å². The molecule has 6 heteroatoms. The molecular weight excluding hydrogens is 344 g/mol. The molecule has 0 saturated heterocycles. The van der Waals surface area contributed by atoms with Gasteiger partial charge in [-0.05, 0) is 35.7 Å². The van der Waals surface area contributed by atoms with Gasteiger partial charge in [-0.3, -0.25) is 4.79 Å². The van der Waals surface area contributed by atoms with Crippen molar-refractivity contribution >= 4 is 27.7 Å². The van der Waals surface area contributed by atoms with Gasteiger partial charge < -0.3 is 13.7 Å². The van der Waals surface area contributed by atoms with Gasteiger partial charge in [-0.25, -0.2) is 0 Å². The maximum atomic E-state index is 12.2. The first-order valence-electron chi connectivity index (χ1n) is 9.14. The Labute approximate surface area is 155 Å². The third kappa shape index (κ3) is 3.07. The smallest absolute Gasteiger partial charge is 0.313 e. The number of fused-ring (bicyclic) bond motifs is 3. The van der Waals surface area contributed by atoms with Crippen molar-refractivity contribution in [3.63, 3.8) is 0 Å². The first-order valence-corrected chi connectivity index (χ1v) is 9.14.